The summed E-state index contributed by atoms with van der Waals surface area (Å²) in [5, 5.41) is 3.48. The number of benzene rings is 1. The van der Waals surface area contributed by atoms with Gasteiger partial charge in [0.2, 0.25) is 0 Å². The second kappa shape index (κ2) is 11.1. The molecule has 0 atom stereocenters. The Balaban J connectivity index is 1.46. The van der Waals surface area contributed by atoms with Crippen molar-refractivity contribution in [2.24, 2.45) is 4.99 Å². The summed E-state index contributed by atoms with van der Waals surface area (Å²) in [6, 6.07) is 8.29. The van der Waals surface area contributed by atoms with Crippen LogP contribution in [0.25, 0.3) is 0 Å². The van der Waals surface area contributed by atoms with Gasteiger partial charge in [0.25, 0.3) is 0 Å². The van der Waals surface area contributed by atoms with Gasteiger partial charge in [-0.05, 0) is 64.4 Å². The Bertz CT molecular complexity index is 607. The zero-order chi connectivity index (χ0) is 19.6. The number of nitrogens with one attached hydrogen (secondary N) is 1. The molecule has 28 heavy (non-hydrogen) atoms. The number of hydrogen-bond donors (Lipinski definition) is 1. The van der Waals surface area contributed by atoms with Gasteiger partial charge in [0.1, 0.15) is 5.75 Å². The second-order valence-electron chi connectivity index (χ2n) is 7.64. The van der Waals surface area contributed by atoms with Gasteiger partial charge in [0.05, 0.1) is 12.8 Å². The van der Waals surface area contributed by atoms with Crippen LogP contribution in [0, 0.1) is 0 Å². The van der Waals surface area contributed by atoms with Crippen LogP contribution >= 0.6 is 0 Å². The number of piperazine rings is 1. The maximum absolute atomic E-state index is 5.53. The lowest BCUT2D eigenvalue weighted by atomic mass is 10.2. The fourth-order valence-corrected chi connectivity index (χ4v) is 4.11. The third-order valence-electron chi connectivity index (χ3n) is 5.68. The number of ether oxygens (including phenoxy) is 1. The van der Waals surface area contributed by atoms with Crippen molar-refractivity contribution in [3.8, 4) is 5.75 Å². The molecule has 2 aliphatic heterocycles. The maximum Gasteiger partial charge on any atom is 0.194 e. The molecule has 2 saturated heterocycles. The number of unbranched alkanes of at least 4 members (excludes halogenated alkanes) is 1. The molecule has 6 nitrogen and oxygen atoms in total. The van der Waals surface area contributed by atoms with Crippen LogP contribution in [-0.2, 0) is 0 Å². The van der Waals surface area contributed by atoms with Crippen LogP contribution < -0.4 is 15.0 Å². The lowest BCUT2D eigenvalue weighted by molar-refractivity contribution is 0.330. The average molecular weight is 388 g/mol. The molecule has 6 heteroatoms. The standard InChI is InChI=1S/C22H37N5O/c1-3-23-22(24-12-6-7-13-25-14-8-9-15-25)27-18-16-26(17-19-27)20-10-4-5-11-21(20)28-2/h4-5,10-11H,3,6-9,12-19H2,1-2H3,(H,23,24). The zero-order valence-electron chi connectivity index (χ0n) is 17.7. The molecule has 1 aromatic rings. The number of aliphatic imine (C=N–C) groups is 1. The SMILES string of the molecule is CCNC(=NCCCCN1CCCC1)N1CCN(c2ccccc2OC)CC1. The van der Waals surface area contributed by atoms with Crippen molar-refractivity contribution in [3.63, 3.8) is 0 Å². The fourth-order valence-electron chi connectivity index (χ4n) is 4.11. The first-order chi connectivity index (χ1) is 13.8. The topological polar surface area (TPSA) is 43.3 Å². The first-order valence-corrected chi connectivity index (χ1v) is 11.0. The number of nitrogens with zero attached hydrogens (tertiary/aromatic N) is 4. The highest BCUT2D eigenvalue weighted by Gasteiger charge is 2.21. The van der Waals surface area contributed by atoms with E-state index < -0.39 is 0 Å². The summed E-state index contributed by atoms with van der Waals surface area (Å²) >= 11 is 0. The fraction of sp³-hybridized carbons (Fsp3) is 0.682. The number of rotatable bonds is 8. The van der Waals surface area contributed by atoms with Gasteiger partial charge in [-0.1, -0.05) is 12.1 Å². The molecule has 0 amide bonds. The Kier molecular flexibility index (Phi) is 8.27. The maximum atomic E-state index is 5.53. The highest BCUT2D eigenvalue weighted by atomic mass is 16.5. The van der Waals surface area contributed by atoms with E-state index in [0.717, 1.165) is 51.0 Å². The Labute approximate surface area is 170 Å². The molecule has 1 aromatic carbocycles. The summed E-state index contributed by atoms with van der Waals surface area (Å²) in [5.74, 6) is 2.03. The molecule has 0 bridgehead atoms. The molecular weight excluding hydrogens is 350 g/mol. The van der Waals surface area contributed by atoms with Crippen LogP contribution in [0.15, 0.2) is 29.3 Å². The summed E-state index contributed by atoms with van der Waals surface area (Å²) < 4.78 is 5.53. The molecule has 0 aromatic heterocycles. The lowest BCUT2D eigenvalue weighted by Gasteiger charge is -2.38. The van der Waals surface area contributed by atoms with E-state index in [4.69, 9.17) is 9.73 Å². The van der Waals surface area contributed by atoms with Gasteiger partial charge in [-0.25, -0.2) is 0 Å². The molecule has 0 unspecified atom stereocenters. The largest absolute Gasteiger partial charge is 0.495 e. The number of guanidine groups is 1. The lowest BCUT2D eigenvalue weighted by Crippen LogP contribution is -2.52. The molecule has 0 radical (unpaired) electrons. The van der Waals surface area contributed by atoms with E-state index in [0.29, 0.717) is 0 Å². The van der Waals surface area contributed by atoms with Crippen LogP contribution in [-0.4, -0.2) is 81.8 Å². The Hall–Kier alpha value is -1.95. The van der Waals surface area contributed by atoms with E-state index in [1.807, 2.05) is 12.1 Å². The predicted molar refractivity (Wildman–Crippen MR) is 118 cm³/mol. The minimum Gasteiger partial charge on any atom is -0.495 e. The third kappa shape index (κ3) is 5.77. The molecule has 3 rings (SSSR count). The number of anilines is 1. The molecule has 156 valence electrons. The third-order valence-corrected chi connectivity index (χ3v) is 5.68. The van der Waals surface area contributed by atoms with Crippen molar-refractivity contribution in [1.82, 2.24) is 15.1 Å². The van der Waals surface area contributed by atoms with E-state index in [2.05, 4.69) is 39.1 Å². The summed E-state index contributed by atoms with van der Waals surface area (Å²) in [5.41, 5.74) is 1.19. The molecule has 2 fully saturated rings. The summed E-state index contributed by atoms with van der Waals surface area (Å²) in [6.45, 7) is 11.7. The van der Waals surface area contributed by atoms with Crippen LogP contribution in [0.3, 0.4) is 0 Å². The summed E-state index contributed by atoms with van der Waals surface area (Å²) in [7, 11) is 1.74. The monoisotopic (exact) mass is 387 g/mol. The Morgan fingerprint density at radius 2 is 1.79 bits per heavy atom. The van der Waals surface area contributed by atoms with Gasteiger partial charge < -0.3 is 24.8 Å². The minimum absolute atomic E-state index is 0.916. The van der Waals surface area contributed by atoms with Crippen molar-refractivity contribution in [2.75, 3.05) is 70.9 Å². The van der Waals surface area contributed by atoms with Crippen LogP contribution in [0.1, 0.15) is 32.6 Å². The predicted octanol–water partition coefficient (Wildman–Crippen LogP) is 2.66. The van der Waals surface area contributed by atoms with Gasteiger partial charge in [-0.3, -0.25) is 4.99 Å². The Morgan fingerprint density at radius 1 is 1.04 bits per heavy atom. The molecule has 0 aliphatic carbocycles. The van der Waals surface area contributed by atoms with Gasteiger partial charge in [-0.15, -0.1) is 0 Å². The molecule has 0 spiro atoms. The van der Waals surface area contributed by atoms with Crippen LogP contribution in [0.5, 0.6) is 5.75 Å². The van der Waals surface area contributed by atoms with Crippen molar-refractivity contribution < 1.29 is 4.74 Å². The van der Waals surface area contributed by atoms with E-state index in [-0.39, 0.29) is 0 Å². The highest BCUT2D eigenvalue weighted by Crippen LogP contribution is 2.28. The number of methoxy groups -OCH3 is 1. The second-order valence-corrected chi connectivity index (χ2v) is 7.64. The highest BCUT2D eigenvalue weighted by molar-refractivity contribution is 5.80. The van der Waals surface area contributed by atoms with E-state index in [1.54, 1.807) is 7.11 Å². The first kappa shape index (κ1) is 20.8. The van der Waals surface area contributed by atoms with Gasteiger partial charge in [0, 0.05) is 39.3 Å². The number of hydrogen-bond acceptors (Lipinski definition) is 4. The molecule has 2 heterocycles. The van der Waals surface area contributed by atoms with Gasteiger partial charge in [0.15, 0.2) is 5.96 Å². The van der Waals surface area contributed by atoms with E-state index >= 15 is 0 Å². The summed E-state index contributed by atoms with van der Waals surface area (Å²) in [6.07, 6.45) is 5.18. The van der Waals surface area contributed by atoms with Crippen molar-refractivity contribution >= 4 is 11.6 Å². The normalized spacial score (nSPS) is 18.6. The summed E-state index contributed by atoms with van der Waals surface area (Å²) in [4.78, 5) is 12.3. The van der Waals surface area contributed by atoms with E-state index in [1.165, 1.54) is 51.0 Å². The molecule has 2 aliphatic rings. The smallest absolute Gasteiger partial charge is 0.194 e. The van der Waals surface area contributed by atoms with E-state index in [9.17, 15) is 0 Å². The average Bonchev–Trinajstić information content (AvgIpc) is 3.26. The first-order valence-electron chi connectivity index (χ1n) is 11.0. The number of para-hydroxylation sites is 2. The molecule has 0 saturated carbocycles. The number of likely N-dealkylation sites (tertiary alicyclic amines) is 1. The van der Waals surface area contributed by atoms with Crippen molar-refractivity contribution in [2.45, 2.75) is 32.6 Å². The Morgan fingerprint density at radius 3 is 2.50 bits per heavy atom. The quantitative estimate of drug-likeness (QED) is 0.422. The van der Waals surface area contributed by atoms with Crippen LogP contribution in [0.2, 0.25) is 0 Å². The minimum atomic E-state index is 0.916. The van der Waals surface area contributed by atoms with Gasteiger partial charge >= 0.3 is 0 Å². The van der Waals surface area contributed by atoms with Crippen LogP contribution in [0.4, 0.5) is 5.69 Å². The zero-order valence-corrected chi connectivity index (χ0v) is 17.7. The molecule has 1 N–H and O–H groups in total. The molecular formula is C22H37N5O. The van der Waals surface area contributed by atoms with Crippen molar-refractivity contribution in [1.29, 1.82) is 0 Å². The van der Waals surface area contributed by atoms with Crippen molar-refractivity contribution in [3.05, 3.63) is 24.3 Å². The van der Waals surface area contributed by atoms with Gasteiger partial charge in [-0.2, -0.15) is 0 Å².